The van der Waals surface area contributed by atoms with E-state index in [4.69, 9.17) is 15.0 Å². The molecule has 0 saturated heterocycles. The number of para-hydroxylation sites is 3. The molecule has 0 aliphatic carbocycles. The lowest BCUT2D eigenvalue weighted by Crippen LogP contribution is -2.06. The minimum atomic E-state index is 0.569. The van der Waals surface area contributed by atoms with E-state index in [0.717, 1.165) is 55.3 Å². The molecule has 8 aromatic carbocycles. The first-order chi connectivity index (χ1) is 27.8. The van der Waals surface area contributed by atoms with Crippen LogP contribution in [0.25, 0.3) is 100 Å². The van der Waals surface area contributed by atoms with Crippen molar-refractivity contribution in [2.24, 2.45) is 0 Å². The van der Waals surface area contributed by atoms with Crippen molar-refractivity contribution in [3.8, 4) is 56.7 Å². The Bertz CT molecular complexity index is 3220. The summed E-state index contributed by atoms with van der Waals surface area (Å²) in [6, 6.07) is 70.3. The highest BCUT2D eigenvalue weighted by Crippen LogP contribution is 2.39. The van der Waals surface area contributed by atoms with Gasteiger partial charge in [0.1, 0.15) is 0 Å². The van der Waals surface area contributed by atoms with Crippen molar-refractivity contribution in [3.63, 3.8) is 0 Å². The molecule has 0 bridgehead atoms. The van der Waals surface area contributed by atoms with Gasteiger partial charge in [0, 0.05) is 38.4 Å². The minimum absolute atomic E-state index is 0.569. The fourth-order valence-electron chi connectivity index (χ4n) is 8.14. The zero-order chi connectivity index (χ0) is 37.0. The van der Waals surface area contributed by atoms with Crippen molar-refractivity contribution in [3.05, 3.63) is 200 Å². The van der Waals surface area contributed by atoms with Crippen LogP contribution in [0, 0.1) is 0 Å². The number of benzene rings is 8. The molecule has 0 fully saturated rings. The van der Waals surface area contributed by atoms with Crippen LogP contribution < -0.4 is 0 Å². The molecule has 0 amide bonds. The monoisotopic (exact) mass is 715 g/mol. The molecule has 0 atom stereocenters. The Morgan fingerprint density at radius 2 is 0.732 bits per heavy atom. The fourth-order valence-corrected chi connectivity index (χ4v) is 8.14. The van der Waals surface area contributed by atoms with E-state index in [1.165, 1.54) is 27.4 Å². The molecule has 0 aliphatic heterocycles. The fraction of sp³-hybridized carbons (Fsp3) is 0. The van der Waals surface area contributed by atoms with Gasteiger partial charge in [-0.25, -0.2) is 4.98 Å². The normalized spacial score (nSPS) is 11.6. The highest BCUT2D eigenvalue weighted by Gasteiger charge is 2.21. The second-order valence-corrected chi connectivity index (χ2v) is 14.1. The average molecular weight is 716 g/mol. The van der Waals surface area contributed by atoms with Crippen LogP contribution in [-0.4, -0.2) is 24.1 Å². The van der Waals surface area contributed by atoms with Gasteiger partial charge in [0.15, 0.2) is 11.6 Å². The predicted octanol–water partition coefficient (Wildman–Crippen LogP) is 12.7. The maximum atomic E-state index is 5.30. The molecule has 0 aliphatic rings. The van der Waals surface area contributed by atoms with Gasteiger partial charge in [-0.1, -0.05) is 158 Å². The zero-order valence-corrected chi connectivity index (χ0v) is 30.3. The average Bonchev–Trinajstić information content (AvgIpc) is 3.78. The summed E-state index contributed by atoms with van der Waals surface area (Å²) in [5, 5.41) is 4.71. The molecule has 11 aromatic rings. The van der Waals surface area contributed by atoms with Crippen molar-refractivity contribution >= 4 is 43.6 Å². The van der Waals surface area contributed by atoms with E-state index in [2.05, 4.69) is 185 Å². The lowest BCUT2D eigenvalue weighted by molar-refractivity contribution is 0.953. The third kappa shape index (κ3) is 5.29. The Morgan fingerprint density at radius 3 is 1.39 bits per heavy atom. The largest absolute Gasteiger partial charge is 0.309 e. The maximum Gasteiger partial charge on any atom is 0.238 e. The highest BCUT2D eigenvalue weighted by atomic mass is 15.2. The van der Waals surface area contributed by atoms with E-state index in [1.807, 2.05) is 24.3 Å². The van der Waals surface area contributed by atoms with Gasteiger partial charge in [0.05, 0.1) is 22.1 Å². The van der Waals surface area contributed by atoms with E-state index in [-0.39, 0.29) is 0 Å². The summed E-state index contributed by atoms with van der Waals surface area (Å²) in [7, 11) is 0. The Morgan fingerprint density at radius 1 is 0.268 bits per heavy atom. The third-order valence-electron chi connectivity index (χ3n) is 10.8. The predicted molar refractivity (Wildman–Crippen MR) is 230 cm³/mol. The van der Waals surface area contributed by atoms with Crippen LogP contribution >= 0.6 is 0 Å². The Hall–Kier alpha value is -7.63. The van der Waals surface area contributed by atoms with Crippen LogP contribution in [0.1, 0.15) is 0 Å². The zero-order valence-electron chi connectivity index (χ0n) is 30.3. The number of hydrogen-bond donors (Lipinski definition) is 0. The van der Waals surface area contributed by atoms with Crippen molar-refractivity contribution in [2.75, 3.05) is 0 Å². The standard InChI is InChI=1S/C51H33N5/c1-4-15-34(16-5-1)35-27-29-36(30-28-35)38-19-14-20-39(31-38)50-52-49(37-17-6-2-7-18-37)53-51(54-50)56-46-26-13-11-24-42(46)44-32-43-41-23-10-12-25-45(41)55(47(43)33-48(44)56)40-21-8-3-9-22-40/h1-33H. The molecule has 0 spiro atoms. The first-order valence-electron chi connectivity index (χ1n) is 18.9. The number of aromatic nitrogens is 5. The summed E-state index contributed by atoms with van der Waals surface area (Å²) >= 11 is 0. The topological polar surface area (TPSA) is 48.5 Å². The Kier molecular flexibility index (Phi) is 7.42. The van der Waals surface area contributed by atoms with Gasteiger partial charge < -0.3 is 4.57 Å². The second-order valence-electron chi connectivity index (χ2n) is 14.1. The quantitative estimate of drug-likeness (QED) is 0.172. The molecular weight excluding hydrogens is 683 g/mol. The van der Waals surface area contributed by atoms with Crippen LogP contribution in [0.15, 0.2) is 200 Å². The van der Waals surface area contributed by atoms with Crippen molar-refractivity contribution < 1.29 is 0 Å². The van der Waals surface area contributed by atoms with Gasteiger partial charge in [-0.2, -0.15) is 9.97 Å². The molecule has 0 saturated carbocycles. The lowest BCUT2D eigenvalue weighted by atomic mass is 9.99. The summed E-state index contributed by atoms with van der Waals surface area (Å²) in [5.74, 6) is 1.80. The SMILES string of the molecule is c1ccc(-c2ccc(-c3cccc(-c4nc(-c5ccccc5)nc(-n5c6ccccc6c6cc7c8ccccc8n(-c8ccccc8)c7cc65)n4)c3)cc2)cc1. The molecule has 262 valence electrons. The molecule has 56 heavy (non-hydrogen) atoms. The first kappa shape index (κ1) is 31.9. The summed E-state index contributed by atoms with van der Waals surface area (Å²) in [5.41, 5.74) is 11.9. The number of nitrogens with zero attached hydrogens (tertiary/aromatic N) is 5. The van der Waals surface area contributed by atoms with Crippen molar-refractivity contribution in [2.45, 2.75) is 0 Å². The van der Waals surface area contributed by atoms with E-state index >= 15 is 0 Å². The summed E-state index contributed by atoms with van der Waals surface area (Å²) < 4.78 is 4.57. The molecule has 0 N–H and O–H groups in total. The molecular formula is C51H33N5. The van der Waals surface area contributed by atoms with Crippen LogP contribution in [-0.2, 0) is 0 Å². The minimum Gasteiger partial charge on any atom is -0.309 e. The summed E-state index contributed by atoms with van der Waals surface area (Å²) in [6.07, 6.45) is 0. The van der Waals surface area contributed by atoms with Gasteiger partial charge in [-0.05, 0) is 64.7 Å². The van der Waals surface area contributed by atoms with Crippen molar-refractivity contribution in [1.29, 1.82) is 0 Å². The first-order valence-corrected chi connectivity index (χ1v) is 18.9. The number of fused-ring (bicyclic) bond motifs is 6. The third-order valence-corrected chi connectivity index (χ3v) is 10.8. The molecule has 0 radical (unpaired) electrons. The second kappa shape index (κ2) is 13.0. The molecule has 3 aromatic heterocycles. The Labute approximate surface area is 323 Å². The molecule has 0 unspecified atom stereocenters. The maximum absolute atomic E-state index is 5.30. The van der Waals surface area contributed by atoms with Crippen LogP contribution in [0.4, 0.5) is 0 Å². The van der Waals surface area contributed by atoms with Crippen LogP contribution in [0.5, 0.6) is 0 Å². The van der Waals surface area contributed by atoms with E-state index in [9.17, 15) is 0 Å². The van der Waals surface area contributed by atoms with Crippen LogP contribution in [0.3, 0.4) is 0 Å². The summed E-state index contributed by atoms with van der Waals surface area (Å²) in [6.45, 7) is 0. The van der Waals surface area contributed by atoms with E-state index in [0.29, 0.717) is 17.6 Å². The lowest BCUT2D eigenvalue weighted by Gasteiger charge is -2.12. The number of hydrogen-bond acceptors (Lipinski definition) is 3. The van der Waals surface area contributed by atoms with Crippen molar-refractivity contribution in [1.82, 2.24) is 24.1 Å². The van der Waals surface area contributed by atoms with Gasteiger partial charge in [0.2, 0.25) is 5.95 Å². The smallest absolute Gasteiger partial charge is 0.238 e. The van der Waals surface area contributed by atoms with E-state index in [1.54, 1.807) is 0 Å². The highest BCUT2D eigenvalue weighted by molar-refractivity contribution is 6.19. The van der Waals surface area contributed by atoms with Gasteiger partial charge in [0.25, 0.3) is 0 Å². The van der Waals surface area contributed by atoms with E-state index < -0.39 is 0 Å². The van der Waals surface area contributed by atoms with Gasteiger partial charge >= 0.3 is 0 Å². The molecule has 5 nitrogen and oxygen atoms in total. The summed E-state index contributed by atoms with van der Waals surface area (Å²) in [4.78, 5) is 15.7. The molecule has 11 rings (SSSR count). The molecule has 3 heterocycles. The van der Waals surface area contributed by atoms with Crippen LogP contribution in [0.2, 0.25) is 0 Å². The van der Waals surface area contributed by atoms with Gasteiger partial charge in [-0.15, -0.1) is 0 Å². The Balaban J connectivity index is 1.13. The van der Waals surface area contributed by atoms with Gasteiger partial charge in [-0.3, -0.25) is 4.57 Å². The number of rotatable bonds is 6. The molecule has 5 heteroatoms.